The lowest BCUT2D eigenvalue weighted by molar-refractivity contribution is 0.295. The number of furan rings is 1. The molecule has 0 bridgehead atoms. The first-order chi connectivity index (χ1) is 12.8. The molecule has 26 heavy (non-hydrogen) atoms. The Labute approximate surface area is 152 Å². The second-order valence-corrected chi connectivity index (χ2v) is 6.96. The highest BCUT2D eigenvalue weighted by atomic mass is 16.3. The number of para-hydroxylation sites is 1. The smallest absolute Gasteiger partial charge is 0.137 e. The first-order valence-corrected chi connectivity index (χ1v) is 8.85. The highest BCUT2D eigenvalue weighted by molar-refractivity contribution is 5.81. The van der Waals surface area contributed by atoms with E-state index < -0.39 is 0 Å². The lowest BCUT2D eigenvalue weighted by Gasteiger charge is -2.33. The molecule has 0 N–H and O–H groups in total. The SMILES string of the molecule is CN1Cc2cc(-c3cccnn3)ccc2C(c2cccc3ccoc23)C1. The molecular weight excluding hydrogens is 322 g/mol. The van der Waals surface area contributed by atoms with Gasteiger partial charge in [0.15, 0.2) is 0 Å². The molecule has 4 heteroatoms. The molecule has 0 radical (unpaired) electrons. The second-order valence-electron chi connectivity index (χ2n) is 6.96. The molecule has 0 saturated heterocycles. The van der Waals surface area contributed by atoms with E-state index in [1.54, 1.807) is 12.5 Å². The Morgan fingerprint density at radius 2 is 2.00 bits per heavy atom. The maximum Gasteiger partial charge on any atom is 0.137 e. The molecule has 4 nitrogen and oxygen atoms in total. The number of aromatic nitrogens is 2. The topological polar surface area (TPSA) is 42.2 Å². The summed E-state index contributed by atoms with van der Waals surface area (Å²) in [5.74, 6) is 0.300. The molecule has 0 amide bonds. The molecule has 0 fully saturated rings. The van der Waals surface area contributed by atoms with E-state index in [0.29, 0.717) is 5.92 Å². The van der Waals surface area contributed by atoms with Crippen LogP contribution in [-0.4, -0.2) is 28.7 Å². The molecule has 1 atom stereocenters. The minimum Gasteiger partial charge on any atom is -0.464 e. The average molecular weight is 341 g/mol. The lowest BCUT2D eigenvalue weighted by atomic mass is 9.83. The molecule has 1 unspecified atom stereocenters. The number of hydrogen-bond acceptors (Lipinski definition) is 4. The fourth-order valence-corrected chi connectivity index (χ4v) is 4.02. The molecule has 2 aromatic carbocycles. The first kappa shape index (κ1) is 15.3. The Morgan fingerprint density at radius 3 is 2.88 bits per heavy atom. The van der Waals surface area contributed by atoms with Gasteiger partial charge < -0.3 is 9.32 Å². The Hall–Kier alpha value is -2.98. The third kappa shape index (κ3) is 2.50. The summed E-state index contributed by atoms with van der Waals surface area (Å²) >= 11 is 0. The van der Waals surface area contributed by atoms with Crippen LogP contribution in [0.3, 0.4) is 0 Å². The second kappa shape index (κ2) is 6.07. The number of likely N-dealkylation sites (N-methyl/N-ethyl adjacent to an activating group) is 1. The third-order valence-corrected chi connectivity index (χ3v) is 5.21. The average Bonchev–Trinajstić information content (AvgIpc) is 3.16. The highest BCUT2D eigenvalue weighted by Crippen LogP contribution is 2.38. The summed E-state index contributed by atoms with van der Waals surface area (Å²) in [6, 6.07) is 19.0. The van der Waals surface area contributed by atoms with Gasteiger partial charge in [0.1, 0.15) is 5.58 Å². The molecule has 1 aliphatic rings. The van der Waals surface area contributed by atoms with Crippen molar-refractivity contribution in [2.75, 3.05) is 13.6 Å². The molecule has 1 aliphatic heterocycles. The Morgan fingerprint density at radius 1 is 1.04 bits per heavy atom. The summed E-state index contributed by atoms with van der Waals surface area (Å²) in [6.07, 6.45) is 3.48. The zero-order chi connectivity index (χ0) is 17.5. The van der Waals surface area contributed by atoms with Crippen molar-refractivity contribution in [1.29, 1.82) is 0 Å². The van der Waals surface area contributed by atoms with E-state index in [9.17, 15) is 0 Å². The molecule has 5 rings (SSSR count). The molecule has 3 heterocycles. The summed E-state index contributed by atoms with van der Waals surface area (Å²) in [5.41, 5.74) is 7.00. The molecule has 0 saturated carbocycles. The standard InChI is InChI=1S/C22H19N3O/c1-25-13-17-12-16(21-6-3-10-23-24-21)7-8-18(17)20(14-25)19-5-2-4-15-9-11-26-22(15)19/h2-12,20H,13-14H2,1H3. The van der Waals surface area contributed by atoms with Crippen LogP contribution in [0.5, 0.6) is 0 Å². The maximum atomic E-state index is 5.81. The largest absolute Gasteiger partial charge is 0.464 e. The van der Waals surface area contributed by atoms with E-state index in [1.165, 1.54) is 16.7 Å². The van der Waals surface area contributed by atoms with Gasteiger partial charge in [0.2, 0.25) is 0 Å². The van der Waals surface area contributed by atoms with Crippen molar-refractivity contribution in [2.24, 2.45) is 0 Å². The van der Waals surface area contributed by atoms with Crippen molar-refractivity contribution in [2.45, 2.75) is 12.5 Å². The van der Waals surface area contributed by atoms with Crippen LogP contribution in [0.4, 0.5) is 0 Å². The van der Waals surface area contributed by atoms with E-state index in [4.69, 9.17) is 4.42 Å². The van der Waals surface area contributed by atoms with Crippen LogP contribution in [-0.2, 0) is 6.54 Å². The maximum absolute atomic E-state index is 5.81. The quantitative estimate of drug-likeness (QED) is 0.539. The van der Waals surface area contributed by atoms with Crippen LogP contribution >= 0.6 is 0 Å². The predicted molar refractivity (Wildman–Crippen MR) is 102 cm³/mol. The van der Waals surface area contributed by atoms with Gasteiger partial charge in [0.05, 0.1) is 12.0 Å². The minimum absolute atomic E-state index is 0.300. The number of hydrogen-bond donors (Lipinski definition) is 0. The summed E-state index contributed by atoms with van der Waals surface area (Å²) in [4.78, 5) is 2.37. The van der Waals surface area contributed by atoms with Crippen molar-refractivity contribution in [3.63, 3.8) is 0 Å². The predicted octanol–water partition coefficient (Wildman–Crippen LogP) is 4.47. The van der Waals surface area contributed by atoms with Gasteiger partial charge in [-0.05, 0) is 42.4 Å². The molecule has 0 spiro atoms. The molecule has 128 valence electrons. The van der Waals surface area contributed by atoms with Crippen LogP contribution in [0.15, 0.2) is 71.5 Å². The Bertz CT molecular complexity index is 1070. The fraction of sp³-hybridized carbons (Fsp3) is 0.182. The highest BCUT2D eigenvalue weighted by Gasteiger charge is 2.27. The van der Waals surface area contributed by atoms with Crippen molar-refractivity contribution in [3.8, 4) is 11.3 Å². The zero-order valence-electron chi connectivity index (χ0n) is 14.6. The van der Waals surface area contributed by atoms with Gasteiger partial charge in [-0.2, -0.15) is 10.2 Å². The molecule has 4 aromatic rings. The van der Waals surface area contributed by atoms with Crippen molar-refractivity contribution < 1.29 is 4.42 Å². The number of fused-ring (bicyclic) bond motifs is 2. The van der Waals surface area contributed by atoms with Crippen molar-refractivity contribution in [1.82, 2.24) is 15.1 Å². The normalized spacial score (nSPS) is 17.3. The lowest BCUT2D eigenvalue weighted by Crippen LogP contribution is -2.31. The van der Waals surface area contributed by atoms with Gasteiger partial charge in [-0.3, -0.25) is 0 Å². The van der Waals surface area contributed by atoms with E-state index in [0.717, 1.165) is 35.3 Å². The summed E-state index contributed by atoms with van der Waals surface area (Å²) in [5, 5.41) is 9.42. The van der Waals surface area contributed by atoms with E-state index in [2.05, 4.69) is 58.5 Å². The number of rotatable bonds is 2. The van der Waals surface area contributed by atoms with Crippen LogP contribution in [0, 0.1) is 0 Å². The Balaban J connectivity index is 1.64. The van der Waals surface area contributed by atoms with Crippen LogP contribution < -0.4 is 0 Å². The zero-order valence-corrected chi connectivity index (χ0v) is 14.6. The number of benzene rings is 2. The van der Waals surface area contributed by atoms with E-state index in [1.807, 2.05) is 18.2 Å². The van der Waals surface area contributed by atoms with Crippen molar-refractivity contribution in [3.05, 3.63) is 83.7 Å². The molecule has 2 aromatic heterocycles. The summed E-state index contributed by atoms with van der Waals surface area (Å²) in [6.45, 7) is 1.92. The van der Waals surface area contributed by atoms with Crippen LogP contribution in [0.1, 0.15) is 22.6 Å². The number of nitrogens with zero attached hydrogens (tertiary/aromatic N) is 3. The monoisotopic (exact) mass is 341 g/mol. The summed E-state index contributed by atoms with van der Waals surface area (Å²) < 4.78 is 5.81. The molecule has 0 aliphatic carbocycles. The first-order valence-electron chi connectivity index (χ1n) is 8.85. The van der Waals surface area contributed by atoms with Gasteiger partial charge in [-0.25, -0.2) is 0 Å². The van der Waals surface area contributed by atoms with E-state index >= 15 is 0 Å². The van der Waals surface area contributed by atoms with Gasteiger partial charge >= 0.3 is 0 Å². The van der Waals surface area contributed by atoms with Gasteiger partial charge in [-0.1, -0.05) is 30.3 Å². The van der Waals surface area contributed by atoms with Crippen molar-refractivity contribution >= 4 is 11.0 Å². The van der Waals surface area contributed by atoms with Gasteiger partial charge in [0, 0.05) is 41.7 Å². The van der Waals surface area contributed by atoms with Crippen LogP contribution in [0.2, 0.25) is 0 Å². The molecular formula is C22H19N3O. The summed E-state index contributed by atoms with van der Waals surface area (Å²) in [7, 11) is 2.17. The Kier molecular flexibility index (Phi) is 3.57. The van der Waals surface area contributed by atoms with Gasteiger partial charge in [0.25, 0.3) is 0 Å². The fourth-order valence-electron chi connectivity index (χ4n) is 4.02. The van der Waals surface area contributed by atoms with Crippen LogP contribution in [0.25, 0.3) is 22.2 Å². The minimum atomic E-state index is 0.300. The van der Waals surface area contributed by atoms with E-state index in [-0.39, 0.29) is 0 Å². The van der Waals surface area contributed by atoms with Gasteiger partial charge in [-0.15, -0.1) is 0 Å². The third-order valence-electron chi connectivity index (χ3n) is 5.21.